The van der Waals surface area contributed by atoms with Gasteiger partial charge in [-0.3, -0.25) is 14.4 Å². The number of esters is 2. The highest BCUT2D eigenvalue weighted by Gasteiger charge is 2.55. The molecule has 0 unspecified atom stereocenters. The van der Waals surface area contributed by atoms with Crippen molar-refractivity contribution in [3.63, 3.8) is 0 Å². The Morgan fingerprint density at radius 1 is 1.04 bits per heavy atom. The number of Topliss-reactive ketones (excluding diaryl/α,β-unsaturated/α-hetero) is 1. The van der Waals surface area contributed by atoms with Gasteiger partial charge in [0.25, 0.3) is 0 Å². The van der Waals surface area contributed by atoms with E-state index in [1.807, 2.05) is 6.07 Å². The fraction of sp³-hybridized carbons (Fsp3) is 0.591. The standard InChI is InChI=1S/C22H26O5/c1-12(23)26-15-10-14-4-5-16-17(21(14)19(11-15)27-13(2)24)8-9-22(3)18(16)6-7-20(22)25/h10-11,16-18H,4-9H2,1-3H3/t16-,17+,18+,22+/m1/s1. The molecule has 5 nitrogen and oxygen atoms in total. The molecule has 4 atom stereocenters. The lowest BCUT2D eigenvalue weighted by Crippen LogP contribution is -2.42. The van der Waals surface area contributed by atoms with Crippen LogP contribution in [-0.4, -0.2) is 17.7 Å². The summed E-state index contributed by atoms with van der Waals surface area (Å²) >= 11 is 0. The van der Waals surface area contributed by atoms with Crippen LogP contribution < -0.4 is 9.47 Å². The molecule has 0 amide bonds. The van der Waals surface area contributed by atoms with E-state index in [1.165, 1.54) is 13.8 Å². The first-order valence-corrected chi connectivity index (χ1v) is 9.86. The largest absolute Gasteiger partial charge is 0.427 e. The third-order valence-electron chi connectivity index (χ3n) is 6.98. The topological polar surface area (TPSA) is 69.7 Å². The Bertz CT molecular complexity index is 826. The van der Waals surface area contributed by atoms with E-state index in [9.17, 15) is 14.4 Å². The number of hydrogen-bond acceptors (Lipinski definition) is 5. The summed E-state index contributed by atoms with van der Waals surface area (Å²) in [5.41, 5.74) is 2.00. The maximum absolute atomic E-state index is 12.5. The van der Waals surface area contributed by atoms with Gasteiger partial charge in [-0.15, -0.1) is 0 Å². The molecule has 3 aliphatic rings. The van der Waals surface area contributed by atoms with E-state index in [-0.39, 0.29) is 11.4 Å². The van der Waals surface area contributed by atoms with Crippen LogP contribution in [0.5, 0.6) is 11.5 Å². The van der Waals surface area contributed by atoms with Crippen LogP contribution in [0.4, 0.5) is 0 Å². The molecule has 0 spiro atoms. The predicted octanol–water partition coefficient (Wildman–Crippen LogP) is 3.96. The Labute approximate surface area is 159 Å². The number of ether oxygens (including phenoxy) is 2. The van der Waals surface area contributed by atoms with Gasteiger partial charge < -0.3 is 9.47 Å². The van der Waals surface area contributed by atoms with Gasteiger partial charge in [0.15, 0.2) is 0 Å². The van der Waals surface area contributed by atoms with Crippen LogP contribution in [0.3, 0.4) is 0 Å². The maximum atomic E-state index is 12.5. The molecule has 0 aromatic heterocycles. The van der Waals surface area contributed by atoms with Crippen molar-refractivity contribution in [1.82, 2.24) is 0 Å². The second-order valence-corrected chi connectivity index (χ2v) is 8.52. The van der Waals surface area contributed by atoms with E-state index in [4.69, 9.17) is 9.47 Å². The summed E-state index contributed by atoms with van der Waals surface area (Å²) in [4.78, 5) is 35.6. The minimum absolute atomic E-state index is 0.183. The van der Waals surface area contributed by atoms with E-state index in [0.29, 0.717) is 41.5 Å². The third kappa shape index (κ3) is 2.97. The molecule has 144 valence electrons. The molecule has 0 N–H and O–H groups in total. The smallest absolute Gasteiger partial charge is 0.308 e. The molecular formula is C22H26O5. The molecular weight excluding hydrogens is 344 g/mol. The van der Waals surface area contributed by atoms with Crippen molar-refractivity contribution < 1.29 is 23.9 Å². The van der Waals surface area contributed by atoms with E-state index >= 15 is 0 Å². The molecule has 0 saturated heterocycles. The van der Waals surface area contributed by atoms with Crippen molar-refractivity contribution in [3.05, 3.63) is 23.3 Å². The zero-order valence-electron chi connectivity index (χ0n) is 16.2. The summed E-state index contributed by atoms with van der Waals surface area (Å²) in [5.74, 6) is 1.73. The highest BCUT2D eigenvalue weighted by molar-refractivity contribution is 5.87. The van der Waals surface area contributed by atoms with Crippen molar-refractivity contribution in [2.24, 2.45) is 17.3 Å². The lowest BCUT2D eigenvalue weighted by molar-refractivity contribution is -0.132. The number of hydrogen-bond donors (Lipinski definition) is 0. The van der Waals surface area contributed by atoms with Crippen LogP contribution in [0.2, 0.25) is 0 Å². The van der Waals surface area contributed by atoms with E-state index in [0.717, 1.165) is 43.2 Å². The third-order valence-corrected chi connectivity index (χ3v) is 6.98. The van der Waals surface area contributed by atoms with Crippen LogP contribution >= 0.6 is 0 Å². The minimum atomic E-state index is -0.393. The molecule has 5 heteroatoms. The van der Waals surface area contributed by atoms with Crippen LogP contribution in [0.25, 0.3) is 0 Å². The molecule has 2 saturated carbocycles. The number of carbonyl (C=O) groups is 3. The van der Waals surface area contributed by atoms with E-state index in [1.54, 1.807) is 6.07 Å². The highest BCUT2D eigenvalue weighted by atomic mass is 16.5. The van der Waals surface area contributed by atoms with Crippen molar-refractivity contribution in [3.8, 4) is 11.5 Å². The van der Waals surface area contributed by atoms with Gasteiger partial charge in [-0.2, -0.15) is 0 Å². The quantitative estimate of drug-likeness (QED) is 0.582. The Balaban J connectivity index is 1.75. The fourth-order valence-corrected chi connectivity index (χ4v) is 5.89. The van der Waals surface area contributed by atoms with Gasteiger partial charge in [0.05, 0.1) is 0 Å². The number of ketones is 1. The molecule has 0 radical (unpaired) electrons. The van der Waals surface area contributed by atoms with Crippen molar-refractivity contribution in [2.45, 2.75) is 65.2 Å². The first-order valence-electron chi connectivity index (χ1n) is 9.86. The Morgan fingerprint density at radius 2 is 1.78 bits per heavy atom. The number of aryl methyl sites for hydroxylation is 1. The van der Waals surface area contributed by atoms with Crippen molar-refractivity contribution in [1.29, 1.82) is 0 Å². The number of rotatable bonds is 2. The first kappa shape index (κ1) is 18.2. The molecule has 0 aliphatic heterocycles. The van der Waals surface area contributed by atoms with Crippen molar-refractivity contribution >= 4 is 17.7 Å². The lowest BCUT2D eigenvalue weighted by Gasteiger charge is -2.48. The average molecular weight is 370 g/mol. The predicted molar refractivity (Wildman–Crippen MR) is 98.7 cm³/mol. The monoisotopic (exact) mass is 370 g/mol. The van der Waals surface area contributed by atoms with Gasteiger partial charge in [0.1, 0.15) is 17.3 Å². The maximum Gasteiger partial charge on any atom is 0.308 e. The van der Waals surface area contributed by atoms with Gasteiger partial charge in [0.2, 0.25) is 0 Å². The number of carbonyl (C=O) groups excluding carboxylic acids is 3. The van der Waals surface area contributed by atoms with E-state index < -0.39 is 5.97 Å². The molecule has 3 aliphatic carbocycles. The first-order chi connectivity index (χ1) is 12.8. The number of fused-ring (bicyclic) bond motifs is 5. The fourth-order valence-electron chi connectivity index (χ4n) is 5.89. The highest BCUT2D eigenvalue weighted by Crippen LogP contribution is 2.60. The van der Waals surface area contributed by atoms with Gasteiger partial charge in [-0.25, -0.2) is 0 Å². The molecule has 0 bridgehead atoms. The summed E-state index contributed by atoms with van der Waals surface area (Å²) in [6.07, 6.45) is 5.36. The van der Waals surface area contributed by atoms with Gasteiger partial charge >= 0.3 is 11.9 Å². The summed E-state index contributed by atoms with van der Waals surface area (Å²) < 4.78 is 10.8. The normalized spacial score (nSPS) is 31.5. The average Bonchev–Trinajstić information content (AvgIpc) is 2.88. The summed E-state index contributed by atoms with van der Waals surface area (Å²) in [6, 6.07) is 3.57. The zero-order chi connectivity index (χ0) is 19.3. The molecule has 27 heavy (non-hydrogen) atoms. The molecule has 1 aromatic rings. The Hall–Kier alpha value is -2.17. The van der Waals surface area contributed by atoms with Gasteiger partial charge in [-0.1, -0.05) is 6.92 Å². The Kier molecular flexibility index (Phi) is 4.36. The van der Waals surface area contributed by atoms with E-state index in [2.05, 4.69) is 6.92 Å². The lowest BCUT2D eigenvalue weighted by atomic mass is 9.55. The summed E-state index contributed by atoms with van der Waals surface area (Å²) in [6.45, 7) is 4.90. The molecule has 0 heterocycles. The zero-order valence-corrected chi connectivity index (χ0v) is 16.2. The summed E-state index contributed by atoms with van der Waals surface area (Å²) in [7, 11) is 0. The van der Waals surface area contributed by atoms with Crippen LogP contribution in [0, 0.1) is 17.3 Å². The summed E-state index contributed by atoms with van der Waals surface area (Å²) in [5, 5.41) is 0. The molecule has 2 fully saturated rings. The second-order valence-electron chi connectivity index (χ2n) is 8.52. The second kappa shape index (κ2) is 6.47. The van der Waals surface area contributed by atoms with Crippen LogP contribution in [0.15, 0.2) is 12.1 Å². The minimum Gasteiger partial charge on any atom is -0.427 e. The van der Waals surface area contributed by atoms with Gasteiger partial charge in [0, 0.05) is 37.3 Å². The molecule has 1 aromatic carbocycles. The van der Waals surface area contributed by atoms with Crippen molar-refractivity contribution in [2.75, 3.05) is 0 Å². The van der Waals surface area contributed by atoms with Gasteiger partial charge in [-0.05, 0) is 61.5 Å². The Morgan fingerprint density at radius 3 is 2.48 bits per heavy atom. The van der Waals surface area contributed by atoms with Crippen LogP contribution in [-0.2, 0) is 20.8 Å². The number of benzene rings is 1. The molecule has 4 rings (SSSR count). The SMILES string of the molecule is CC(=O)Oc1cc2c(c(OC(C)=O)c1)[C@H]1CC[C@]3(C)C(=O)CC[C@H]3[C@@H]1CC2. The van der Waals surface area contributed by atoms with Crippen LogP contribution in [0.1, 0.15) is 69.9 Å².